The van der Waals surface area contributed by atoms with Gasteiger partial charge in [0.2, 0.25) is 0 Å². The number of aromatic nitrogens is 3. The minimum atomic E-state index is 0.449. The molecule has 0 atom stereocenters. The normalized spacial score (nSPS) is 11.2. The van der Waals surface area contributed by atoms with Crippen LogP contribution in [0, 0.1) is 0 Å². The first-order chi connectivity index (χ1) is 8.28. The third-order valence-corrected chi connectivity index (χ3v) is 3.37. The Bertz CT molecular complexity index is 436. The summed E-state index contributed by atoms with van der Waals surface area (Å²) >= 11 is 1.79. The molecule has 0 aliphatic rings. The van der Waals surface area contributed by atoms with Gasteiger partial charge in [0.25, 0.3) is 0 Å². The Morgan fingerprint density at radius 2 is 2.41 bits per heavy atom. The largest absolute Gasteiger partial charge is 0.325 e. The van der Waals surface area contributed by atoms with Crippen molar-refractivity contribution >= 4 is 11.3 Å². The van der Waals surface area contributed by atoms with Crippen molar-refractivity contribution in [2.24, 2.45) is 5.73 Å². The molecule has 2 heterocycles. The van der Waals surface area contributed by atoms with Crippen LogP contribution in [-0.4, -0.2) is 33.5 Å². The van der Waals surface area contributed by atoms with Crippen molar-refractivity contribution in [3.8, 4) is 0 Å². The SMILES string of the molecule is CN(CCn1cc(CN)nn1)Cc1cccs1. The highest BCUT2D eigenvalue weighted by molar-refractivity contribution is 7.09. The molecule has 2 aromatic heterocycles. The Labute approximate surface area is 105 Å². The second-order valence-electron chi connectivity index (χ2n) is 3.99. The fourth-order valence-electron chi connectivity index (χ4n) is 1.56. The smallest absolute Gasteiger partial charge is 0.0962 e. The first-order valence-electron chi connectivity index (χ1n) is 5.58. The van der Waals surface area contributed by atoms with Gasteiger partial charge < -0.3 is 5.73 Å². The van der Waals surface area contributed by atoms with E-state index in [1.54, 1.807) is 11.3 Å². The van der Waals surface area contributed by atoms with Gasteiger partial charge in [-0.1, -0.05) is 11.3 Å². The van der Waals surface area contributed by atoms with Gasteiger partial charge in [0, 0.05) is 30.7 Å². The maximum Gasteiger partial charge on any atom is 0.0962 e. The van der Waals surface area contributed by atoms with Crippen molar-refractivity contribution in [3.63, 3.8) is 0 Å². The molecule has 0 saturated carbocycles. The summed E-state index contributed by atoms with van der Waals surface area (Å²) in [6, 6.07) is 4.24. The van der Waals surface area contributed by atoms with Crippen molar-refractivity contribution in [2.45, 2.75) is 19.6 Å². The predicted octanol–water partition coefficient (Wildman–Crippen LogP) is 0.930. The third kappa shape index (κ3) is 3.62. The lowest BCUT2D eigenvalue weighted by Crippen LogP contribution is -2.22. The van der Waals surface area contributed by atoms with Crippen LogP contribution in [-0.2, 0) is 19.6 Å². The monoisotopic (exact) mass is 251 g/mol. The van der Waals surface area contributed by atoms with E-state index < -0.39 is 0 Å². The van der Waals surface area contributed by atoms with Gasteiger partial charge in [-0.25, -0.2) is 0 Å². The van der Waals surface area contributed by atoms with Gasteiger partial charge in [-0.05, 0) is 18.5 Å². The predicted molar refractivity (Wildman–Crippen MR) is 68.6 cm³/mol. The number of hydrogen-bond donors (Lipinski definition) is 1. The molecule has 0 unspecified atom stereocenters. The molecule has 5 nitrogen and oxygen atoms in total. The zero-order valence-electron chi connectivity index (χ0n) is 9.91. The quantitative estimate of drug-likeness (QED) is 0.829. The summed E-state index contributed by atoms with van der Waals surface area (Å²) in [7, 11) is 2.11. The van der Waals surface area contributed by atoms with Crippen molar-refractivity contribution in [3.05, 3.63) is 34.3 Å². The highest BCUT2D eigenvalue weighted by atomic mass is 32.1. The average Bonchev–Trinajstić information content (AvgIpc) is 2.96. The lowest BCUT2D eigenvalue weighted by molar-refractivity contribution is 0.306. The Morgan fingerprint density at radius 1 is 1.53 bits per heavy atom. The summed E-state index contributed by atoms with van der Waals surface area (Å²) in [5.74, 6) is 0. The van der Waals surface area contributed by atoms with Crippen LogP contribution < -0.4 is 5.73 Å². The maximum atomic E-state index is 5.48. The maximum absolute atomic E-state index is 5.48. The van der Waals surface area contributed by atoms with Gasteiger partial charge in [0.1, 0.15) is 0 Å². The molecule has 0 aromatic carbocycles. The fraction of sp³-hybridized carbons (Fsp3) is 0.455. The number of rotatable bonds is 6. The van der Waals surface area contributed by atoms with E-state index in [0.29, 0.717) is 6.54 Å². The van der Waals surface area contributed by atoms with Crippen molar-refractivity contribution < 1.29 is 0 Å². The number of nitrogens with two attached hydrogens (primary N) is 1. The van der Waals surface area contributed by atoms with Crippen LogP contribution >= 0.6 is 11.3 Å². The summed E-state index contributed by atoms with van der Waals surface area (Å²) in [4.78, 5) is 3.66. The van der Waals surface area contributed by atoms with Gasteiger partial charge in [0.05, 0.1) is 12.2 Å². The number of hydrogen-bond acceptors (Lipinski definition) is 5. The molecule has 92 valence electrons. The summed E-state index contributed by atoms with van der Waals surface area (Å²) in [5, 5.41) is 10.1. The Balaban J connectivity index is 1.77. The van der Waals surface area contributed by atoms with E-state index in [0.717, 1.165) is 25.3 Å². The summed E-state index contributed by atoms with van der Waals surface area (Å²) in [6.07, 6.45) is 1.90. The lowest BCUT2D eigenvalue weighted by Gasteiger charge is -2.14. The second-order valence-corrected chi connectivity index (χ2v) is 5.03. The Morgan fingerprint density at radius 3 is 3.06 bits per heavy atom. The van der Waals surface area contributed by atoms with Crippen LogP contribution in [0.1, 0.15) is 10.6 Å². The van der Waals surface area contributed by atoms with Crippen LogP contribution in [0.2, 0.25) is 0 Å². The van der Waals surface area contributed by atoms with Gasteiger partial charge in [0.15, 0.2) is 0 Å². The second kappa shape index (κ2) is 5.90. The molecule has 6 heteroatoms. The molecular weight excluding hydrogens is 234 g/mol. The number of thiophene rings is 1. The zero-order chi connectivity index (χ0) is 12.1. The van der Waals surface area contributed by atoms with Crippen molar-refractivity contribution in [2.75, 3.05) is 13.6 Å². The molecule has 0 radical (unpaired) electrons. The number of likely N-dealkylation sites (N-methyl/N-ethyl adjacent to an activating group) is 1. The molecule has 0 amide bonds. The molecule has 0 fully saturated rings. The van der Waals surface area contributed by atoms with E-state index in [-0.39, 0.29) is 0 Å². The van der Waals surface area contributed by atoms with Gasteiger partial charge in [-0.3, -0.25) is 9.58 Å². The molecule has 0 saturated heterocycles. The van der Waals surface area contributed by atoms with E-state index in [4.69, 9.17) is 5.73 Å². The van der Waals surface area contributed by atoms with Crippen LogP contribution in [0.5, 0.6) is 0 Å². The Hall–Kier alpha value is -1.24. The zero-order valence-corrected chi connectivity index (χ0v) is 10.7. The summed E-state index contributed by atoms with van der Waals surface area (Å²) in [6.45, 7) is 3.22. The Kier molecular flexibility index (Phi) is 4.24. The highest BCUT2D eigenvalue weighted by Crippen LogP contribution is 2.10. The molecule has 2 rings (SSSR count). The molecule has 0 bridgehead atoms. The molecule has 0 aliphatic heterocycles. The fourth-order valence-corrected chi connectivity index (χ4v) is 2.35. The first-order valence-corrected chi connectivity index (χ1v) is 6.46. The first kappa shape index (κ1) is 12.2. The van der Waals surface area contributed by atoms with Crippen LogP contribution in [0.3, 0.4) is 0 Å². The topological polar surface area (TPSA) is 60.0 Å². The number of nitrogens with zero attached hydrogens (tertiary/aromatic N) is 4. The van der Waals surface area contributed by atoms with Crippen molar-refractivity contribution in [1.29, 1.82) is 0 Å². The van der Waals surface area contributed by atoms with Crippen LogP contribution in [0.25, 0.3) is 0 Å². The van der Waals surface area contributed by atoms with E-state index in [2.05, 4.69) is 39.8 Å². The third-order valence-electron chi connectivity index (χ3n) is 2.51. The highest BCUT2D eigenvalue weighted by Gasteiger charge is 2.03. The van der Waals surface area contributed by atoms with Crippen LogP contribution in [0.15, 0.2) is 23.7 Å². The minimum absolute atomic E-state index is 0.449. The lowest BCUT2D eigenvalue weighted by atomic mass is 10.4. The average molecular weight is 251 g/mol. The molecular formula is C11H17N5S. The minimum Gasteiger partial charge on any atom is -0.325 e. The molecule has 17 heavy (non-hydrogen) atoms. The van der Waals surface area contributed by atoms with E-state index >= 15 is 0 Å². The van der Waals surface area contributed by atoms with E-state index in [9.17, 15) is 0 Å². The molecule has 2 N–H and O–H groups in total. The summed E-state index contributed by atoms with van der Waals surface area (Å²) < 4.78 is 1.84. The van der Waals surface area contributed by atoms with Gasteiger partial charge in [-0.2, -0.15) is 0 Å². The molecule has 0 spiro atoms. The van der Waals surface area contributed by atoms with Crippen molar-refractivity contribution in [1.82, 2.24) is 19.9 Å². The van der Waals surface area contributed by atoms with Crippen LogP contribution in [0.4, 0.5) is 0 Å². The van der Waals surface area contributed by atoms with Gasteiger partial charge in [-0.15, -0.1) is 16.4 Å². The van der Waals surface area contributed by atoms with Gasteiger partial charge >= 0.3 is 0 Å². The van der Waals surface area contributed by atoms with E-state index in [1.165, 1.54) is 4.88 Å². The summed E-state index contributed by atoms with van der Waals surface area (Å²) in [5.41, 5.74) is 6.32. The molecule has 0 aliphatic carbocycles. The molecule has 2 aromatic rings. The standard InChI is InChI=1S/C11H17N5S/c1-15(9-11-3-2-6-17-11)4-5-16-8-10(7-12)13-14-16/h2-3,6,8H,4-5,7,9,12H2,1H3. The van der Waals surface area contributed by atoms with E-state index in [1.807, 2.05) is 10.9 Å².